The highest BCUT2D eigenvalue weighted by atomic mass is 16.5. The Morgan fingerprint density at radius 3 is 2.54 bits per heavy atom. The number of nitrogens with zero attached hydrogens (tertiary/aromatic N) is 4. The standard InChI is InChI=1S/C21H25N5O2/c1-14-15(2)24-25-20(19(14)12-22)26-10-8-17(9-11-26)21(27)23-13-16-4-6-18(28-3)7-5-16/h4-7,17H,8-11,13H2,1-3H3,(H,23,27). The molecule has 1 aromatic heterocycles. The fourth-order valence-electron chi connectivity index (χ4n) is 3.38. The van der Waals surface area contributed by atoms with Crippen molar-refractivity contribution in [2.45, 2.75) is 33.2 Å². The fraction of sp³-hybridized carbons (Fsp3) is 0.429. The minimum atomic E-state index is -0.0282. The van der Waals surface area contributed by atoms with Crippen molar-refractivity contribution in [3.8, 4) is 11.8 Å². The number of rotatable bonds is 5. The number of piperidine rings is 1. The molecule has 2 aromatic rings. The maximum absolute atomic E-state index is 12.5. The highest BCUT2D eigenvalue weighted by Crippen LogP contribution is 2.26. The minimum Gasteiger partial charge on any atom is -0.497 e. The van der Waals surface area contributed by atoms with Gasteiger partial charge in [0, 0.05) is 25.6 Å². The summed E-state index contributed by atoms with van der Waals surface area (Å²) in [6, 6.07) is 9.92. The molecule has 1 amide bonds. The number of nitriles is 1. The second-order valence-electron chi connectivity index (χ2n) is 7.05. The van der Waals surface area contributed by atoms with E-state index in [1.807, 2.05) is 38.1 Å². The molecule has 1 aliphatic heterocycles. The summed E-state index contributed by atoms with van der Waals surface area (Å²) in [5.41, 5.74) is 3.26. The molecule has 1 saturated heterocycles. The van der Waals surface area contributed by atoms with Crippen molar-refractivity contribution in [3.63, 3.8) is 0 Å². The Hall–Kier alpha value is -3.14. The van der Waals surface area contributed by atoms with Crippen LogP contribution in [0.1, 0.15) is 35.2 Å². The van der Waals surface area contributed by atoms with Gasteiger partial charge in [0.2, 0.25) is 5.91 Å². The Kier molecular flexibility index (Phi) is 6.09. The molecule has 1 aliphatic rings. The number of aryl methyl sites for hydroxylation is 1. The predicted molar refractivity (Wildman–Crippen MR) is 106 cm³/mol. The lowest BCUT2D eigenvalue weighted by atomic mass is 9.95. The van der Waals surface area contributed by atoms with Crippen LogP contribution in [-0.2, 0) is 11.3 Å². The lowest BCUT2D eigenvalue weighted by molar-refractivity contribution is -0.125. The van der Waals surface area contributed by atoms with Gasteiger partial charge in [-0.25, -0.2) is 0 Å². The number of aromatic nitrogens is 2. The molecule has 28 heavy (non-hydrogen) atoms. The van der Waals surface area contributed by atoms with Gasteiger partial charge in [0.05, 0.1) is 12.8 Å². The first-order chi connectivity index (χ1) is 13.5. The molecular weight excluding hydrogens is 354 g/mol. The fourth-order valence-corrected chi connectivity index (χ4v) is 3.38. The summed E-state index contributed by atoms with van der Waals surface area (Å²) in [5.74, 6) is 1.47. The third-order valence-corrected chi connectivity index (χ3v) is 5.34. The number of carbonyl (C=O) groups excluding carboxylic acids is 1. The molecule has 1 aromatic carbocycles. The first-order valence-corrected chi connectivity index (χ1v) is 9.43. The van der Waals surface area contributed by atoms with Gasteiger partial charge in [-0.1, -0.05) is 12.1 Å². The zero-order chi connectivity index (χ0) is 20.1. The second kappa shape index (κ2) is 8.70. The second-order valence-corrected chi connectivity index (χ2v) is 7.05. The molecule has 7 nitrogen and oxygen atoms in total. The van der Waals surface area contributed by atoms with Crippen LogP contribution in [0, 0.1) is 31.1 Å². The van der Waals surface area contributed by atoms with E-state index in [9.17, 15) is 10.1 Å². The van der Waals surface area contributed by atoms with Crippen molar-refractivity contribution in [2.75, 3.05) is 25.1 Å². The lowest BCUT2D eigenvalue weighted by Gasteiger charge is -2.32. The largest absolute Gasteiger partial charge is 0.497 e. The SMILES string of the molecule is COc1ccc(CNC(=O)C2CCN(c3nnc(C)c(C)c3C#N)CC2)cc1. The summed E-state index contributed by atoms with van der Waals surface area (Å²) in [7, 11) is 1.63. The molecule has 0 spiro atoms. The van der Waals surface area contributed by atoms with Crippen LogP contribution in [0.5, 0.6) is 5.75 Å². The van der Waals surface area contributed by atoms with E-state index in [0.29, 0.717) is 31.0 Å². The molecule has 0 unspecified atom stereocenters. The van der Waals surface area contributed by atoms with Crippen molar-refractivity contribution >= 4 is 11.7 Å². The van der Waals surface area contributed by atoms with E-state index in [-0.39, 0.29) is 11.8 Å². The topological polar surface area (TPSA) is 91.1 Å². The monoisotopic (exact) mass is 379 g/mol. The van der Waals surface area contributed by atoms with Gasteiger partial charge >= 0.3 is 0 Å². The summed E-state index contributed by atoms with van der Waals surface area (Å²) >= 11 is 0. The van der Waals surface area contributed by atoms with Crippen LogP contribution in [-0.4, -0.2) is 36.3 Å². The van der Waals surface area contributed by atoms with Crippen molar-refractivity contribution in [1.82, 2.24) is 15.5 Å². The molecule has 7 heteroatoms. The lowest BCUT2D eigenvalue weighted by Crippen LogP contribution is -2.41. The van der Waals surface area contributed by atoms with Crippen LogP contribution in [0.3, 0.4) is 0 Å². The first kappa shape index (κ1) is 19.6. The van der Waals surface area contributed by atoms with Crippen LogP contribution in [0.2, 0.25) is 0 Å². The molecule has 1 fully saturated rings. The average molecular weight is 379 g/mol. The highest BCUT2D eigenvalue weighted by Gasteiger charge is 2.27. The zero-order valence-electron chi connectivity index (χ0n) is 16.5. The maximum Gasteiger partial charge on any atom is 0.223 e. The van der Waals surface area contributed by atoms with E-state index in [0.717, 1.165) is 35.4 Å². The number of hydrogen-bond donors (Lipinski definition) is 1. The number of hydrogen-bond acceptors (Lipinski definition) is 6. The van der Waals surface area contributed by atoms with E-state index in [1.165, 1.54) is 0 Å². The van der Waals surface area contributed by atoms with Crippen molar-refractivity contribution in [3.05, 3.63) is 46.6 Å². The van der Waals surface area contributed by atoms with E-state index in [1.54, 1.807) is 7.11 Å². The molecule has 0 bridgehead atoms. The Morgan fingerprint density at radius 1 is 1.25 bits per heavy atom. The number of carbonyl (C=O) groups is 1. The Morgan fingerprint density at radius 2 is 1.93 bits per heavy atom. The molecule has 0 aliphatic carbocycles. The summed E-state index contributed by atoms with van der Waals surface area (Å²) in [5, 5.41) is 20.9. The number of anilines is 1. The van der Waals surface area contributed by atoms with Crippen molar-refractivity contribution in [2.24, 2.45) is 5.92 Å². The van der Waals surface area contributed by atoms with Gasteiger partial charge in [-0.3, -0.25) is 4.79 Å². The van der Waals surface area contributed by atoms with Gasteiger partial charge < -0.3 is 15.0 Å². The summed E-state index contributed by atoms with van der Waals surface area (Å²) in [6.07, 6.45) is 1.46. The van der Waals surface area contributed by atoms with E-state index < -0.39 is 0 Å². The van der Waals surface area contributed by atoms with Crippen LogP contribution in [0.4, 0.5) is 5.82 Å². The molecule has 1 N–H and O–H groups in total. The number of ether oxygens (including phenoxy) is 1. The average Bonchev–Trinajstić information content (AvgIpc) is 2.74. The molecule has 0 radical (unpaired) electrons. The Balaban J connectivity index is 1.55. The molecule has 0 atom stereocenters. The van der Waals surface area contributed by atoms with Gasteiger partial charge in [0.25, 0.3) is 0 Å². The molecule has 2 heterocycles. The van der Waals surface area contributed by atoms with Gasteiger partial charge in [0.1, 0.15) is 17.4 Å². The van der Waals surface area contributed by atoms with Crippen LogP contribution < -0.4 is 15.0 Å². The number of benzene rings is 1. The van der Waals surface area contributed by atoms with Gasteiger partial charge in [-0.2, -0.15) is 10.4 Å². The van der Waals surface area contributed by atoms with E-state index >= 15 is 0 Å². The summed E-state index contributed by atoms with van der Waals surface area (Å²) in [4.78, 5) is 14.6. The molecule has 0 saturated carbocycles. The third kappa shape index (κ3) is 4.22. The minimum absolute atomic E-state index is 0.0282. The van der Waals surface area contributed by atoms with Crippen LogP contribution in [0.15, 0.2) is 24.3 Å². The smallest absolute Gasteiger partial charge is 0.223 e. The predicted octanol–water partition coefficient (Wildman–Crippen LogP) is 2.51. The van der Waals surface area contributed by atoms with Gasteiger partial charge in [-0.15, -0.1) is 5.10 Å². The molecule has 3 rings (SSSR count). The quantitative estimate of drug-likeness (QED) is 0.858. The van der Waals surface area contributed by atoms with Crippen molar-refractivity contribution in [1.29, 1.82) is 5.26 Å². The van der Waals surface area contributed by atoms with Gasteiger partial charge in [0.15, 0.2) is 5.82 Å². The number of nitrogens with one attached hydrogen (secondary N) is 1. The van der Waals surface area contributed by atoms with Crippen molar-refractivity contribution < 1.29 is 9.53 Å². The van der Waals surface area contributed by atoms with E-state index in [4.69, 9.17) is 4.74 Å². The van der Waals surface area contributed by atoms with Crippen LogP contribution >= 0.6 is 0 Å². The van der Waals surface area contributed by atoms with Gasteiger partial charge in [-0.05, 0) is 49.9 Å². The first-order valence-electron chi connectivity index (χ1n) is 9.43. The van der Waals surface area contributed by atoms with Crippen LogP contribution in [0.25, 0.3) is 0 Å². The highest BCUT2D eigenvalue weighted by molar-refractivity contribution is 5.79. The summed E-state index contributed by atoms with van der Waals surface area (Å²) in [6.45, 7) is 5.63. The third-order valence-electron chi connectivity index (χ3n) is 5.34. The normalized spacial score (nSPS) is 14.4. The van der Waals surface area contributed by atoms with E-state index in [2.05, 4.69) is 26.5 Å². The Labute approximate surface area is 165 Å². The summed E-state index contributed by atoms with van der Waals surface area (Å²) < 4.78 is 5.15. The molecule has 146 valence electrons. The maximum atomic E-state index is 12.5. The number of amides is 1. The zero-order valence-corrected chi connectivity index (χ0v) is 16.5. The number of methoxy groups -OCH3 is 1. The Bertz CT molecular complexity index is 881. The molecular formula is C21H25N5O2.